The SMILES string of the molecule is CNCc1ccnc(OC(F)(F)F)c1. The van der Waals surface area contributed by atoms with E-state index in [1.54, 1.807) is 13.1 Å². The number of aromatic nitrogens is 1. The van der Waals surface area contributed by atoms with Gasteiger partial charge in [0, 0.05) is 18.8 Å². The Bertz CT molecular complexity index is 301. The molecule has 78 valence electrons. The van der Waals surface area contributed by atoms with Gasteiger partial charge in [-0.15, -0.1) is 13.2 Å². The summed E-state index contributed by atoms with van der Waals surface area (Å²) in [5.74, 6) is -0.440. The van der Waals surface area contributed by atoms with Gasteiger partial charge in [0.1, 0.15) is 0 Å². The fourth-order valence-corrected chi connectivity index (χ4v) is 0.939. The van der Waals surface area contributed by atoms with Crippen LogP contribution >= 0.6 is 0 Å². The second-order valence-electron chi connectivity index (χ2n) is 2.58. The second kappa shape index (κ2) is 4.28. The van der Waals surface area contributed by atoms with Gasteiger partial charge in [0.2, 0.25) is 5.88 Å². The molecule has 0 aliphatic heterocycles. The van der Waals surface area contributed by atoms with Crippen molar-refractivity contribution in [3.05, 3.63) is 23.9 Å². The Hall–Kier alpha value is -1.30. The monoisotopic (exact) mass is 206 g/mol. The molecule has 1 aromatic heterocycles. The number of rotatable bonds is 3. The zero-order chi connectivity index (χ0) is 10.6. The van der Waals surface area contributed by atoms with Crippen LogP contribution in [-0.2, 0) is 6.54 Å². The lowest BCUT2D eigenvalue weighted by molar-refractivity contribution is -0.276. The fourth-order valence-electron chi connectivity index (χ4n) is 0.939. The molecule has 1 rings (SSSR count). The molecule has 0 saturated carbocycles. The van der Waals surface area contributed by atoms with Crippen LogP contribution < -0.4 is 10.1 Å². The third-order valence-electron chi connectivity index (χ3n) is 1.40. The van der Waals surface area contributed by atoms with Gasteiger partial charge in [-0.05, 0) is 18.7 Å². The Kier molecular flexibility index (Phi) is 3.29. The topological polar surface area (TPSA) is 34.2 Å². The lowest BCUT2D eigenvalue weighted by atomic mass is 10.3. The molecule has 0 aromatic carbocycles. The first kappa shape index (κ1) is 10.8. The van der Waals surface area contributed by atoms with Gasteiger partial charge in [-0.2, -0.15) is 0 Å². The van der Waals surface area contributed by atoms with E-state index in [1.807, 2.05) is 0 Å². The number of halogens is 3. The van der Waals surface area contributed by atoms with Crippen LogP contribution in [0.4, 0.5) is 13.2 Å². The van der Waals surface area contributed by atoms with E-state index in [9.17, 15) is 13.2 Å². The molecule has 6 heteroatoms. The zero-order valence-corrected chi connectivity index (χ0v) is 7.43. The third-order valence-corrected chi connectivity index (χ3v) is 1.40. The summed E-state index contributed by atoms with van der Waals surface area (Å²) >= 11 is 0. The Morgan fingerprint density at radius 1 is 1.50 bits per heavy atom. The maximum Gasteiger partial charge on any atom is 0.574 e. The van der Waals surface area contributed by atoms with Gasteiger partial charge in [0.15, 0.2) is 0 Å². The highest BCUT2D eigenvalue weighted by molar-refractivity contribution is 5.20. The van der Waals surface area contributed by atoms with Gasteiger partial charge in [0.25, 0.3) is 0 Å². The highest BCUT2D eigenvalue weighted by atomic mass is 19.4. The average molecular weight is 206 g/mol. The molecule has 1 heterocycles. The van der Waals surface area contributed by atoms with Crippen LogP contribution in [0.1, 0.15) is 5.56 Å². The van der Waals surface area contributed by atoms with E-state index in [2.05, 4.69) is 15.0 Å². The Morgan fingerprint density at radius 2 is 2.21 bits per heavy atom. The molecular formula is C8H9F3N2O. The van der Waals surface area contributed by atoms with Crippen molar-refractivity contribution in [3.8, 4) is 5.88 Å². The maximum absolute atomic E-state index is 11.8. The first-order valence-corrected chi connectivity index (χ1v) is 3.86. The predicted molar refractivity (Wildman–Crippen MR) is 43.7 cm³/mol. The molecule has 1 N–H and O–H groups in total. The molecule has 0 atom stereocenters. The first-order valence-electron chi connectivity index (χ1n) is 3.86. The van der Waals surface area contributed by atoms with Crippen LogP contribution in [0.25, 0.3) is 0 Å². The molecule has 14 heavy (non-hydrogen) atoms. The normalized spacial score (nSPS) is 11.4. The lowest BCUT2D eigenvalue weighted by Crippen LogP contribution is -2.18. The highest BCUT2D eigenvalue weighted by Gasteiger charge is 2.31. The van der Waals surface area contributed by atoms with Crippen LogP contribution in [0.3, 0.4) is 0 Å². The molecule has 0 fully saturated rings. The van der Waals surface area contributed by atoms with Gasteiger partial charge >= 0.3 is 6.36 Å². The first-order chi connectivity index (χ1) is 6.51. The Morgan fingerprint density at radius 3 is 2.79 bits per heavy atom. The van der Waals surface area contributed by atoms with Gasteiger partial charge in [-0.25, -0.2) is 4.98 Å². The van der Waals surface area contributed by atoms with Crippen LogP contribution in [0.15, 0.2) is 18.3 Å². The Labute approximate surface area is 78.9 Å². The lowest BCUT2D eigenvalue weighted by Gasteiger charge is -2.08. The summed E-state index contributed by atoms with van der Waals surface area (Å²) in [5.41, 5.74) is 0.682. The van der Waals surface area contributed by atoms with Crippen molar-refractivity contribution in [2.45, 2.75) is 12.9 Å². The fraction of sp³-hybridized carbons (Fsp3) is 0.375. The molecule has 0 aliphatic carbocycles. The molecule has 1 aromatic rings. The highest BCUT2D eigenvalue weighted by Crippen LogP contribution is 2.20. The van der Waals surface area contributed by atoms with Crippen molar-refractivity contribution in [3.63, 3.8) is 0 Å². The van der Waals surface area contributed by atoms with Crippen molar-refractivity contribution < 1.29 is 17.9 Å². The largest absolute Gasteiger partial charge is 0.574 e. The van der Waals surface area contributed by atoms with Gasteiger partial charge in [-0.1, -0.05) is 0 Å². The number of hydrogen-bond donors (Lipinski definition) is 1. The summed E-state index contributed by atoms with van der Waals surface area (Å²) in [4.78, 5) is 3.44. The van der Waals surface area contributed by atoms with Crippen LogP contribution in [0.2, 0.25) is 0 Å². The number of nitrogens with zero attached hydrogens (tertiary/aromatic N) is 1. The zero-order valence-electron chi connectivity index (χ0n) is 7.43. The van der Waals surface area contributed by atoms with Crippen molar-refractivity contribution in [1.29, 1.82) is 0 Å². The number of alkyl halides is 3. The average Bonchev–Trinajstić information content (AvgIpc) is 2.02. The van der Waals surface area contributed by atoms with Gasteiger partial charge in [-0.3, -0.25) is 0 Å². The predicted octanol–water partition coefficient (Wildman–Crippen LogP) is 1.70. The van der Waals surface area contributed by atoms with E-state index in [1.165, 1.54) is 12.3 Å². The third kappa shape index (κ3) is 3.61. The minimum atomic E-state index is -4.69. The molecule has 0 saturated heterocycles. The van der Waals surface area contributed by atoms with Crippen molar-refractivity contribution in [2.75, 3.05) is 7.05 Å². The number of hydrogen-bond acceptors (Lipinski definition) is 3. The maximum atomic E-state index is 11.8. The number of ether oxygens (including phenoxy) is 1. The van der Waals surface area contributed by atoms with E-state index in [0.717, 1.165) is 0 Å². The van der Waals surface area contributed by atoms with E-state index in [0.29, 0.717) is 12.1 Å². The molecule has 0 radical (unpaired) electrons. The van der Waals surface area contributed by atoms with Crippen LogP contribution in [-0.4, -0.2) is 18.4 Å². The smallest absolute Gasteiger partial charge is 0.388 e. The molecule has 3 nitrogen and oxygen atoms in total. The molecular weight excluding hydrogens is 197 g/mol. The van der Waals surface area contributed by atoms with Crippen LogP contribution in [0, 0.1) is 0 Å². The number of pyridine rings is 1. The number of nitrogens with one attached hydrogen (secondary N) is 1. The summed E-state index contributed by atoms with van der Waals surface area (Å²) in [5, 5.41) is 2.81. The molecule has 0 unspecified atom stereocenters. The molecule has 0 bridgehead atoms. The van der Waals surface area contributed by atoms with E-state index in [-0.39, 0.29) is 0 Å². The van der Waals surface area contributed by atoms with Crippen molar-refractivity contribution >= 4 is 0 Å². The van der Waals surface area contributed by atoms with E-state index >= 15 is 0 Å². The molecule has 0 aliphatic rings. The quantitative estimate of drug-likeness (QED) is 0.817. The minimum absolute atomic E-state index is 0.440. The summed E-state index contributed by atoms with van der Waals surface area (Å²) in [6.45, 7) is 0.469. The molecule has 0 amide bonds. The Balaban J connectivity index is 2.73. The van der Waals surface area contributed by atoms with E-state index < -0.39 is 12.2 Å². The van der Waals surface area contributed by atoms with Crippen LogP contribution in [0.5, 0.6) is 5.88 Å². The molecule has 0 spiro atoms. The summed E-state index contributed by atoms with van der Waals surface area (Å²) < 4.78 is 39.0. The van der Waals surface area contributed by atoms with Crippen molar-refractivity contribution in [2.24, 2.45) is 0 Å². The minimum Gasteiger partial charge on any atom is -0.388 e. The van der Waals surface area contributed by atoms with Crippen molar-refractivity contribution in [1.82, 2.24) is 10.3 Å². The van der Waals surface area contributed by atoms with E-state index in [4.69, 9.17) is 0 Å². The summed E-state index contributed by atoms with van der Waals surface area (Å²) in [6, 6.07) is 2.85. The summed E-state index contributed by atoms with van der Waals surface area (Å²) in [7, 11) is 1.70. The summed E-state index contributed by atoms with van der Waals surface area (Å²) in [6.07, 6.45) is -3.42. The standard InChI is InChI=1S/C8H9F3N2O/c1-12-5-6-2-3-13-7(4-6)14-8(9,10)11/h2-4,12H,5H2,1H3. The van der Waals surface area contributed by atoms with Gasteiger partial charge < -0.3 is 10.1 Å². The van der Waals surface area contributed by atoms with Gasteiger partial charge in [0.05, 0.1) is 0 Å². The second-order valence-corrected chi connectivity index (χ2v) is 2.58.